The fourth-order valence-electron chi connectivity index (χ4n) is 13.5. The molecule has 126 heavy (non-hydrogen) atoms. The van der Waals surface area contributed by atoms with Gasteiger partial charge in [0.2, 0.25) is 0 Å². The van der Waals surface area contributed by atoms with Gasteiger partial charge in [0.15, 0.2) is 98.6 Å². The molecule has 10 heterocycles. The Bertz CT molecular complexity index is 6880. The molecule has 18 aromatic rings. The molecule has 0 fully saturated rings. The molecule has 0 atom stereocenters. The zero-order valence-electron chi connectivity index (χ0n) is 70.0. The van der Waals surface area contributed by atoms with Crippen LogP contribution in [0.5, 0.6) is 57.5 Å². The van der Waals surface area contributed by atoms with Crippen LogP contribution in [0.15, 0.2) is 173 Å². The molecule has 0 bridgehead atoms. The predicted molar refractivity (Wildman–Crippen MR) is 464 cm³/mol. The molecule has 0 saturated carbocycles. The molecule has 8 aromatic carbocycles. The second-order valence-electron chi connectivity index (χ2n) is 28.5. The van der Waals surface area contributed by atoms with E-state index in [4.69, 9.17) is 56.2 Å². The molecule has 0 aliphatic rings. The van der Waals surface area contributed by atoms with Crippen LogP contribution in [0.25, 0.3) is 113 Å². The van der Waals surface area contributed by atoms with Crippen molar-refractivity contribution in [1.29, 1.82) is 0 Å². The molecule has 12 N–H and O–H groups in total. The number of imidazole rings is 4. The molecule has 38 nitrogen and oxygen atoms in total. The Balaban J connectivity index is 0.000000130. The first-order chi connectivity index (χ1) is 61.0. The van der Waals surface area contributed by atoms with E-state index in [0.717, 1.165) is 33.7 Å². The fraction of sp³-hybridized carbons (Fsp3) is 0.172. The van der Waals surface area contributed by atoms with Gasteiger partial charge in [0, 0.05) is 61.0 Å². The Morgan fingerprint density at radius 1 is 0.373 bits per heavy atom. The number of carbonyl (C=O) groups excluding carboxylic acids is 4. The smallest absolute Gasteiger partial charge is 0.278 e. The van der Waals surface area contributed by atoms with Crippen LogP contribution >= 0.6 is 0 Å². The van der Waals surface area contributed by atoms with E-state index in [1.165, 1.54) is 44.2 Å². The summed E-state index contributed by atoms with van der Waals surface area (Å²) in [5.41, 5.74) is 13.2. The molecule has 0 spiro atoms. The Labute approximate surface area is 713 Å². The van der Waals surface area contributed by atoms with Crippen molar-refractivity contribution >= 4 is 102 Å². The number of ether oxygens (including phenoxy) is 10. The van der Waals surface area contributed by atoms with Crippen LogP contribution in [0, 0.1) is 12.7 Å². The van der Waals surface area contributed by atoms with Crippen LogP contribution in [-0.2, 0) is 5.41 Å². The van der Waals surface area contributed by atoms with Gasteiger partial charge in [0.1, 0.15) is 45.6 Å². The Morgan fingerprint density at radius 2 is 0.730 bits per heavy atom. The summed E-state index contributed by atoms with van der Waals surface area (Å²) >= 11 is 0. The maximum Gasteiger partial charge on any atom is 0.278 e. The molecule has 39 heteroatoms. The van der Waals surface area contributed by atoms with Gasteiger partial charge in [-0.05, 0) is 53.4 Å². The molecular weight excluding hydrogens is 1630 g/mol. The fourth-order valence-corrected chi connectivity index (χ4v) is 13.5. The van der Waals surface area contributed by atoms with Crippen LogP contribution in [0.3, 0.4) is 0 Å². The van der Waals surface area contributed by atoms with Crippen molar-refractivity contribution in [3.05, 3.63) is 204 Å². The van der Waals surface area contributed by atoms with E-state index >= 15 is 0 Å². The number of methoxy groups -OCH3 is 10. The number of fused-ring (bicyclic) bond motifs is 5. The average Bonchev–Trinajstić information content (AvgIpc) is 1.63. The van der Waals surface area contributed by atoms with Gasteiger partial charge in [0.05, 0.1) is 179 Å². The van der Waals surface area contributed by atoms with Crippen molar-refractivity contribution in [2.75, 3.05) is 92.4 Å². The lowest BCUT2D eigenvalue weighted by Gasteiger charge is -2.20. The standard InChI is InChI=1S/C24H27N5O4.C22H18N6O4.C21H18N6O4.C20H18FN5O4/c1-24(2,3)13-7-8-18(31-4)14(9-13)23(30)28-17-12-25-29-21(17)22-26-15-10-19(32-5)20(33-6)11-16(15)27-22;1-30-16-8-13-14(9-17(16)31-2)26-21(25-13)18-15(10-24-28-18)27-22(29)19-20(32-11-23-19)12-6-4-3-5-7-12;1-10-23-12-6-4-5-11(19(12)31-10)21(28)26-15-9-22-27-18(15)20-24-13-7-16(29-2)17(30-3)8-14(13)25-20;1-28-15-5-4-10(21)6-11(15)20(27)25-14-9-22-26-18(14)19-23-12-7-16(29-2)17(30-3)8-13(12)24-19/h7-12H,1-6H3,(H,25,29)(H,26,27)(H,28,30);3-11H,1-2H3,(H,24,28)(H,25,26)(H,27,29);4-9H,1-3H3,(H,22,27)(H,24,25)(H,26,28);4-9H,1-3H3,(H,22,26)(H,23,24)(H,25,27). The zero-order valence-corrected chi connectivity index (χ0v) is 70.0. The number of rotatable bonds is 23. The van der Waals surface area contributed by atoms with Crippen LogP contribution in [0.4, 0.5) is 27.1 Å². The lowest BCUT2D eigenvalue weighted by molar-refractivity contribution is 0.101. The third-order valence-corrected chi connectivity index (χ3v) is 19.7. The number of aryl methyl sites for hydroxylation is 1. The number of nitrogens with one attached hydrogen (secondary N) is 12. The molecule has 642 valence electrons. The lowest BCUT2D eigenvalue weighted by atomic mass is 9.86. The number of anilines is 4. The number of carbonyl (C=O) groups is 4. The topological polar surface area (TPSA) is 490 Å². The first-order valence-corrected chi connectivity index (χ1v) is 38.3. The number of H-pyrrole nitrogens is 8. The zero-order chi connectivity index (χ0) is 88.6. The largest absolute Gasteiger partial charge is 0.496 e. The normalized spacial score (nSPS) is 11.1. The Kier molecular flexibility index (Phi) is 24.1. The summed E-state index contributed by atoms with van der Waals surface area (Å²) in [5, 5.41) is 39.0. The highest BCUT2D eigenvalue weighted by Gasteiger charge is 2.28. The molecular formula is C87H81FN22O16. The van der Waals surface area contributed by atoms with E-state index in [2.05, 4.69) is 133 Å². The summed E-state index contributed by atoms with van der Waals surface area (Å²) in [6.45, 7) is 8.02. The summed E-state index contributed by atoms with van der Waals surface area (Å²) in [6, 6.07) is 38.1. The van der Waals surface area contributed by atoms with E-state index in [9.17, 15) is 23.6 Å². The Morgan fingerprint density at radius 3 is 1.11 bits per heavy atom. The van der Waals surface area contributed by atoms with E-state index in [1.54, 1.807) is 138 Å². The van der Waals surface area contributed by atoms with Crippen molar-refractivity contribution in [2.24, 2.45) is 0 Å². The van der Waals surface area contributed by atoms with Crippen molar-refractivity contribution in [2.45, 2.75) is 33.1 Å². The average molecular weight is 1710 g/mol. The van der Waals surface area contributed by atoms with Gasteiger partial charge in [0.25, 0.3) is 23.6 Å². The summed E-state index contributed by atoms with van der Waals surface area (Å²) in [4.78, 5) is 91.3. The number of benzene rings is 8. The molecule has 4 amide bonds. The van der Waals surface area contributed by atoms with Gasteiger partial charge in [-0.25, -0.2) is 34.3 Å². The van der Waals surface area contributed by atoms with Crippen molar-refractivity contribution in [3.63, 3.8) is 0 Å². The number of para-hydroxylation sites is 1. The SMILES string of the molecule is COc1cc2nc(-c3[nH]ncc3NC(=O)c3cc(C(C)(C)C)ccc3OC)[nH]c2cc1OC.COc1cc2nc(-c3[nH]ncc3NC(=O)c3cc(F)ccc3OC)[nH]c2cc1OC.COc1cc2nc(-c3[nH]ncc3NC(=O)c3cccc4nc(C)oc34)[nH]c2cc1OC.COc1cc2nc(-c3[nH]ncc3NC(=O)c3ncoc3-c3ccccc3)[nH]c2cc1OC. The van der Waals surface area contributed by atoms with E-state index in [0.29, 0.717) is 182 Å². The maximum atomic E-state index is 13.6. The van der Waals surface area contributed by atoms with Gasteiger partial charge in [-0.3, -0.25) is 39.6 Å². The van der Waals surface area contributed by atoms with Crippen LogP contribution in [0.1, 0.15) is 73.8 Å². The monoisotopic (exact) mass is 1710 g/mol. The summed E-state index contributed by atoms with van der Waals surface area (Å²) in [5.74, 6) is 5.96. The van der Waals surface area contributed by atoms with Gasteiger partial charge < -0.3 is 97.4 Å². The molecule has 0 radical (unpaired) electrons. The van der Waals surface area contributed by atoms with E-state index in [1.807, 2.05) is 54.6 Å². The quantitative estimate of drug-likeness (QED) is 0.0283. The summed E-state index contributed by atoms with van der Waals surface area (Å²) in [7, 11) is 15.5. The number of oxazole rings is 2. The second-order valence-corrected chi connectivity index (χ2v) is 28.5. The van der Waals surface area contributed by atoms with Crippen molar-refractivity contribution < 1.29 is 79.8 Å². The number of hydrogen-bond donors (Lipinski definition) is 12. The lowest BCUT2D eigenvalue weighted by Crippen LogP contribution is -2.17. The maximum absolute atomic E-state index is 13.6. The predicted octanol–water partition coefficient (Wildman–Crippen LogP) is 15.4. The minimum Gasteiger partial charge on any atom is -0.496 e. The highest BCUT2D eigenvalue weighted by molar-refractivity contribution is 6.13. The number of aromatic amines is 8. The minimum absolute atomic E-state index is 0.0590. The second kappa shape index (κ2) is 36.1. The minimum atomic E-state index is -0.548. The molecule has 18 rings (SSSR count). The third kappa shape index (κ3) is 17.4. The number of hydrogen-bond acceptors (Lipinski definition) is 26. The molecule has 10 aromatic heterocycles. The van der Waals surface area contributed by atoms with E-state index < -0.39 is 17.6 Å². The van der Waals surface area contributed by atoms with E-state index in [-0.39, 0.29) is 34.2 Å². The first-order valence-electron chi connectivity index (χ1n) is 38.3. The highest BCUT2D eigenvalue weighted by Crippen LogP contribution is 2.40. The van der Waals surface area contributed by atoms with Crippen molar-refractivity contribution in [3.8, 4) is 115 Å². The highest BCUT2D eigenvalue weighted by atomic mass is 19.1. The van der Waals surface area contributed by atoms with Gasteiger partial charge in [-0.1, -0.05) is 63.2 Å². The Hall–Kier alpha value is -17.0. The number of aromatic nitrogens is 18. The van der Waals surface area contributed by atoms with Gasteiger partial charge >= 0.3 is 0 Å². The molecule has 0 saturated heterocycles. The van der Waals surface area contributed by atoms with Crippen LogP contribution in [0.2, 0.25) is 0 Å². The first kappa shape index (κ1) is 84.0. The number of amides is 4. The summed E-state index contributed by atoms with van der Waals surface area (Å²) in [6.07, 6.45) is 7.25. The van der Waals surface area contributed by atoms with Gasteiger partial charge in [-0.15, -0.1) is 0 Å². The van der Waals surface area contributed by atoms with Crippen LogP contribution in [-0.4, -0.2) is 185 Å². The number of halogens is 1. The number of nitrogens with zero attached hydrogens (tertiary/aromatic N) is 10. The van der Waals surface area contributed by atoms with Gasteiger partial charge in [-0.2, -0.15) is 20.4 Å². The molecule has 0 unspecified atom stereocenters. The van der Waals surface area contributed by atoms with Crippen LogP contribution < -0.4 is 68.6 Å². The molecule has 0 aliphatic heterocycles. The summed E-state index contributed by atoms with van der Waals surface area (Å²) < 4.78 is 77.9. The molecule has 0 aliphatic carbocycles. The van der Waals surface area contributed by atoms with Crippen molar-refractivity contribution in [1.82, 2.24) is 90.6 Å². The third-order valence-electron chi connectivity index (χ3n) is 19.7.